The summed E-state index contributed by atoms with van der Waals surface area (Å²) < 4.78 is 23.7. The van der Waals surface area contributed by atoms with Crippen LogP contribution in [0.5, 0.6) is 17.2 Å². The molecule has 0 aromatic heterocycles. The lowest BCUT2D eigenvalue weighted by atomic mass is 9.80. The van der Waals surface area contributed by atoms with Crippen LogP contribution in [0.4, 0.5) is 0 Å². The highest BCUT2D eigenvalue weighted by Gasteiger charge is 2.57. The molecule has 2 heterocycles. The molecule has 4 aromatic carbocycles. The maximum atomic E-state index is 13.8. The third-order valence-electron chi connectivity index (χ3n) is 7.91. The largest absolute Gasteiger partial charge is 0.497 e. The minimum Gasteiger partial charge on any atom is -0.497 e. The topological polar surface area (TPSA) is 57.2 Å². The molecule has 1 amide bonds. The number of amides is 1. The predicted molar refractivity (Wildman–Crippen MR) is 154 cm³/mol. The number of methoxy groups -OCH3 is 3. The van der Waals surface area contributed by atoms with E-state index in [1.54, 1.807) is 21.3 Å². The van der Waals surface area contributed by atoms with Gasteiger partial charge in [-0.3, -0.25) is 4.79 Å². The SMILES string of the molecule is COc1ccc(C2(c3ccc(OC)cc3)CCN3C(=O)c4ccccc4[C@@]3(/C=C/c3cccc(OC)c3)O2)cc1. The summed E-state index contributed by atoms with van der Waals surface area (Å²) in [6.45, 7) is 0.494. The highest BCUT2D eigenvalue weighted by molar-refractivity contribution is 6.00. The number of hydrogen-bond donors (Lipinski definition) is 0. The standard InChI is InChI=1S/C34H31NO5/c1-37-27-15-11-25(12-16-27)33(26-13-17-28(38-2)18-14-26)21-22-35-32(36)30-9-4-5-10-31(30)34(35,40-33)20-19-24-7-6-8-29(23-24)39-3/h4-20,23H,21-22H2,1-3H3/b20-19+/t34-/m1/s1. The van der Waals surface area contributed by atoms with Gasteiger partial charge in [0.05, 0.1) is 21.3 Å². The second kappa shape index (κ2) is 10.2. The Morgan fingerprint density at radius 2 is 1.38 bits per heavy atom. The van der Waals surface area contributed by atoms with Gasteiger partial charge in [-0.05, 0) is 65.2 Å². The fourth-order valence-electron chi connectivity index (χ4n) is 5.85. The van der Waals surface area contributed by atoms with Crippen molar-refractivity contribution in [2.75, 3.05) is 27.9 Å². The number of benzene rings is 4. The Bertz CT molecular complexity index is 1510. The zero-order chi connectivity index (χ0) is 27.7. The number of fused-ring (bicyclic) bond motifs is 3. The van der Waals surface area contributed by atoms with Crippen molar-refractivity contribution < 1.29 is 23.7 Å². The molecule has 202 valence electrons. The van der Waals surface area contributed by atoms with Gasteiger partial charge in [-0.25, -0.2) is 0 Å². The molecule has 0 aliphatic carbocycles. The van der Waals surface area contributed by atoms with Crippen LogP contribution in [0.1, 0.15) is 39.0 Å². The van der Waals surface area contributed by atoms with Gasteiger partial charge in [-0.2, -0.15) is 0 Å². The third-order valence-corrected chi connectivity index (χ3v) is 7.91. The van der Waals surface area contributed by atoms with Gasteiger partial charge >= 0.3 is 0 Å². The molecule has 2 aliphatic rings. The van der Waals surface area contributed by atoms with E-state index in [2.05, 4.69) is 0 Å². The number of carbonyl (C=O) groups is 1. The van der Waals surface area contributed by atoms with Crippen LogP contribution in [-0.2, 0) is 16.1 Å². The van der Waals surface area contributed by atoms with Crippen molar-refractivity contribution in [2.24, 2.45) is 0 Å². The summed E-state index contributed by atoms with van der Waals surface area (Å²) in [6.07, 6.45) is 4.58. The van der Waals surface area contributed by atoms with E-state index in [9.17, 15) is 4.79 Å². The van der Waals surface area contributed by atoms with Gasteiger partial charge in [-0.1, -0.05) is 60.7 Å². The van der Waals surface area contributed by atoms with E-state index in [1.165, 1.54) is 0 Å². The summed E-state index contributed by atoms with van der Waals surface area (Å²) >= 11 is 0. The van der Waals surface area contributed by atoms with Crippen LogP contribution in [0, 0.1) is 0 Å². The smallest absolute Gasteiger partial charge is 0.257 e. The van der Waals surface area contributed by atoms with E-state index in [4.69, 9.17) is 18.9 Å². The molecular weight excluding hydrogens is 502 g/mol. The Kier molecular flexibility index (Phi) is 6.56. The van der Waals surface area contributed by atoms with Crippen molar-refractivity contribution in [1.82, 2.24) is 4.90 Å². The van der Waals surface area contributed by atoms with Crippen LogP contribution < -0.4 is 14.2 Å². The van der Waals surface area contributed by atoms with E-state index < -0.39 is 11.3 Å². The van der Waals surface area contributed by atoms with Gasteiger partial charge in [0.2, 0.25) is 0 Å². The molecule has 0 N–H and O–H groups in total. The zero-order valence-corrected chi connectivity index (χ0v) is 22.8. The predicted octanol–water partition coefficient (Wildman–Crippen LogP) is 6.40. The second-order valence-electron chi connectivity index (χ2n) is 9.94. The van der Waals surface area contributed by atoms with Crippen LogP contribution in [-0.4, -0.2) is 38.7 Å². The summed E-state index contributed by atoms with van der Waals surface area (Å²) in [5.74, 6) is 2.25. The summed E-state index contributed by atoms with van der Waals surface area (Å²) in [4.78, 5) is 15.6. The Morgan fingerprint density at radius 1 is 0.750 bits per heavy atom. The first-order valence-corrected chi connectivity index (χ1v) is 13.3. The van der Waals surface area contributed by atoms with Crippen LogP contribution in [0.15, 0.2) is 103 Å². The first-order chi connectivity index (χ1) is 19.5. The molecule has 1 saturated heterocycles. The maximum absolute atomic E-state index is 13.8. The second-order valence-corrected chi connectivity index (χ2v) is 9.94. The molecule has 4 aromatic rings. The summed E-state index contributed by atoms with van der Waals surface area (Å²) in [5.41, 5.74) is 2.39. The molecule has 40 heavy (non-hydrogen) atoms. The van der Waals surface area contributed by atoms with Gasteiger partial charge in [0.25, 0.3) is 5.91 Å². The highest BCUT2D eigenvalue weighted by atomic mass is 16.5. The van der Waals surface area contributed by atoms with E-state index in [1.807, 2.05) is 114 Å². The van der Waals surface area contributed by atoms with Crippen LogP contribution in [0.2, 0.25) is 0 Å². The average Bonchev–Trinajstić information content (AvgIpc) is 3.27. The number of hydrogen-bond acceptors (Lipinski definition) is 5. The Hall–Kier alpha value is -4.55. The maximum Gasteiger partial charge on any atom is 0.257 e. The number of carbonyl (C=O) groups excluding carboxylic acids is 1. The van der Waals surface area contributed by atoms with Crippen LogP contribution in [0.3, 0.4) is 0 Å². The number of nitrogens with zero attached hydrogens (tertiary/aromatic N) is 1. The summed E-state index contributed by atoms with van der Waals surface area (Å²) in [5, 5.41) is 0. The first kappa shape index (κ1) is 25.7. The van der Waals surface area contributed by atoms with Crippen LogP contribution in [0.25, 0.3) is 6.08 Å². The average molecular weight is 534 g/mol. The fraction of sp³-hybridized carbons (Fsp3) is 0.206. The molecule has 0 bridgehead atoms. The molecule has 0 saturated carbocycles. The highest BCUT2D eigenvalue weighted by Crippen LogP contribution is 2.53. The third kappa shape index (κ3) is 4.12. The normalized spacial score (nSPS) is 19.3. The summed E-state index contributed by atoms with van der Waals surface area (Å²) in [7, 11) is 4.96. The molecule has 6 heteroatoms. The fourth-order valence-corrected chi connectivity index (χ4v) is 5.85. The van der Waals surface area contributed by atoms with Crippen molar-refractivity contribution in [3.8, 4) is 17.2 Å². The molecule has 0 radical (unpaired) electrons. The van der Waals surface area contributed by atoms with Crippen LogP contribution >= 0.6 is 0 Å². The molecule has 6 nitrogen and oxygen atoms in total. The van der Waals surface area contributed by atoms with E-state index >= 15 is 0 Å². The Morgan fingerprint density at radius 3 is 2.00 bits per heavy atom. The minimum absolute atomic E-state index is 0.0380. The lowest BCUT2D eigenvalue weighted by molar-refractivity contribution is -0.215. The molecule has 1 atom stereocenters. The number of rotatable bonds is 7. The molecular formula is C34H31NO5. The van der Waals surface area contributed by atoms with E-state index in [0.717, 1.165) is 39.5 Å². The lowest BCUT2D eigenvalue weighted by Gasteiger charge is -2.51. The minimum atomic E-state index is -1.13. The van der Waals surface area contributed by atoms with Gasteiger partial charge in [0, 0.05) is 24.1 Å². The van der Waals surface area contributed by atoms with E-state index in [0.29, 0.717) is 18.5 Å². The zero-order valence-electron chi connectivity index (χ0n) is 22.8. The molecule has 2 aliphatic heterocycles. The van der Waals surface area contributed by atoms with Crippen molar-refractivity contribution in [2.45, 2.75) is 17.7 Å². The van der Waals surface area contributed by atoms with Gasteiger partial charge in [0.15, 0.2) is 5.72 Å². The Balaban J connectivity index is 1.55. The van der Waals surface area contributed by atoms with Gasteiger partial charge < -0.3 is 23.8 Å². The van der Waals surface area contributed by atoms with Crippen molar-refractivity contribution >= 4 is 12.0 Å². The monoisotopic (exact) mass is 533 g/mol. The van der Waals surface area contributed by atoms with Crippen molar-refractivity contribution in [3.63, 3.8) is 0 Å². The number of ether oxygens (including phenoxy) is 4. The lowest BCUT2D eigenvalue weighted by Crippen LogP contribution is -2.56. The van der Waals surface area contributed by atoms with Crippen molar-refractivity contribution in [1.29, 1.82) is 0 Å². The Labute approximate surface area is 234 Å². The van der Waals surface area contributed by atoms with Gasteiger partial charge in [0.1, 0.15) is 22.8 Å². The molecule has 1 fully saturated rings. The van der Waals surface area contributed by atoms with E-state index in [-0.39, 0.29) is 5.91 Å². The van der Waals surface area contributed by atoms with Gasteiger partial charge in [-0.15, -0.1) is 0 Å². The van der Waals surface area contributed by atoms with Crippen molar-refractivity contribution in [3.05, 3.63) is 131 Å². The quantitative estimate of drug-likeness (QED) is 0.275. The molecule has 6 rings (SSSR count). The first-order valence-electron chi connectivity index (χ1n) is 13.3. The molecule has 0 spiro atoms. The summed E-state index contributed by atoms with van der Waals surface area (Å²) in [6, 6.07) is 31.5. The molecule has 0 unspecified atom stereocenters.